The van der Waals surface area contributed by atoms with Crippen LogP contribution in [0.5, 0.6) is 0 Å². The maximum atomic E-state index is 12.0. The number of esters is 1. The lowest BCUT2D eigenvalue weighted by molar-refractivity contribution is -0.152. The molecular weight excluding hydrogens is 286 g/mol. The molecule has 0 radical (unpaired) electrons. The third kappa shape index (κ3) is 4.20. The third-order valence-electron chi connectivity index (χ3n) is 4.16. The van der Waals surface area contributed by atoms with Crippen LogP contribution < -0.4 is 5.32 Å². The number of rotatable bonds is 6. The highest BCUT2D eigenvalue weighted by molar-refractivity contribution is 5.88. The third-order valence-corrected chi connectivity index (χ3v) is 4.16. The van der Waals surface area contributed by atoms with Crippen LogP contribution in [0.15, 0.2) is 0 Å². The first kappa shape index (κ1) is 16.3. The predicted octanol–water partition coefficient (Wildman–Crippen LogP) is 0.351. The van der Waals surface area contributed by atoms with Crippen LogP contribution in [-0.2, 0) is 19.1 Å². The number of hydrogen-bond acceptors (Lipinski definition) is 5. The molecule has 2 rings (SSSR count). The zero-order chi connectivity index (χ0) is 15.9. The summed E-state index contributed by atoms with van der Waals surface area (Å²) >= 11 is 0. The Labute approximate surface area is 129 Å². The van der Waals surface area contributed by atoms with Crippen molar-refractivity contribution in [1.29, 1.82) is 5.26 Å². The van der Waals surface area contributed by atoms with Crippen LogP contribution in [0.2, 0.25) is 0 Å². The molecule has 2 amide bonds. The molecule has 0 unspecified atom stereocenters. The van der Waals surface area contributed by atoms with Crippen molar-refractivity contribution < 1.29 is 19.1 Å². The number of likely N-dealkylation sites (tertiary alicyclic amines) is 1. The molecule has 1 saturated heterocycles. The normalized spacial score (nSPS) is 21.7. The minimum atomic E-state index is -0.496. The largest absolute Gasteiger partial charge is 0.455 e. The number of carbonyl (C=O) groups is 3. The average molecular weight is 307 g/mol. The first-order valence-electron chi connectivity index (χ1n) is 7.71. The molecule has 7 heteroatoms. The molecule has 1 aliphatic heterocycles. The Morgan fingerprint density at radius 3 is 2.77 bits per heavy atom. The number of nitriles is 1. The Hall–Kier alpha value is -2.10. The summed E-state index contributed by atoms with van der Waals surface area (Å²) in [5.41, 5.74) is 0. The van der Waals surface area contributed by atoms with Crippen LogP contribution in [0.4, 0.5) is 0 Å². The molecule has 2 aliphatic rings. The molecule has 0 aromatic heterocycles. The molecule has 0 aromatic carbocycles. The second kappa shape index (κ2) is 7.78. The van der Waals surface area contributed by atoms with Crippen LogP contribution in [-0.4, -0.2) is 48.4 Å². The second-order valence-electron chi connectivity index (χ2n) is 5.75. The van der Waals surface area contributed by atoms with Crippen molar-refractivity contribution in [2.45, 2.75) is 44.6 Å². The lowest BCUT2D eigenvalue weighted by Gasteiger charge is -2.23. The van der Waals surface area contributed by atoms with Crippen LogP contribution >= 0.6 is 0 Å². The van der Waals surface area contributed by atoms with E-state index in [1.807, 2.05) is 6.07 Å². The molecule has 0 spiro atoms. The minimum absolute atomic E-state index is 0.00678. The zero-order valence-corrected chi connectivity index (χ0v) is 12.5. The number of nitrogens with one attached hydrogen (secondary N) is 1. The van der Waals surface area contributed by atoms with Gasteiger partial charge in [-0.05, 0) is 12.8 Å². The van der Waals surface area contributed by atoms with Crippen molar-refractivity contribution in [2.75, 3.05) is 19.7 Å². The van der Waals surface area contributed by atoms with E-state index in [9.17, 15) is 14.4 Å². The number of nitrogens with zero attached hydrogens (tertiary/aromatic N) is 2. The topological polar surface area (TPSA) is 99.5 Å². The molecule has 1 aliphatic carbocycles. The highest BCUT2D eigenvalue weighted by atomic mass is 16.5. The second-order valence-corrected chi connectivity index (χ2v) is 5.75. The van der Waals surface area contributed by atoms with Gasteiger partial charge in [0, 0.05) is 25.6 Å². The van der Waals surface area contributed by atoms with Gasteiger partial charge in [0.05, 0.1) is 18.4 Å². The summed E-state index contributed by atoms with van der Waals surface area (Å²) in [7, 11) is 0. The summed E-state index contributed by atoms with van der Waals surface area (Å²) in [6, 6.07) is 2.17. The molecule has 22 heavy (non-hydrogen) atoms. The molecule has 1 atom stereocenters. The van der Waals surface area contributed by atoms with Crippen molar-refractivity contribution in [2.24, 2.45) is 5.92 Å². The molecule has 1 heterocycles. The van der Waals surface area contributed by atoms with Crippen molar-refractivity contribution in [3.8, 4) is 6.07 Å². The van der Waals surface area contributed by atoms with E-state index in [1.54, 1.807) is 4.90 Å². The maximum absolute atomic E-state index is 12.0. The van der Waals surface area contributed by atoms with Crippen molar-refractivity contribution in [3.05, 3.63) is 0 Å². The van der Waals surface area contributed by atoms with E-state index in [1.165, 1.54) is 0 Å². The van der Waals surface area contributed by atoms with Crippen LogP contribution in [0.1, 0.15) is 38.5 Å². The summed E-state index contributed by atoms with van der Waals surface area (Å²) in [6.07, 6.45) is 4.67. The minimum Gasteiger partial charge on any atom is -0.455 e. The summed E-state index contributed by atoms with van der Waals surface area (Å²) in [6.45, 7) is 0.279. The van der Waals surface area contributed by atoms with Gasteiger partial charge in [0.1, 0.15) is 0 Å². The van der Waals surface area contributed by atoms with E-state index in [-0.39, 0.29) is 37.9 Å². The molecular formula is C15H21N3O4. The first-order chi connectivity index (χ1) is 10.6. The summed E-state index contributed by atoms with van der Waals surface area (Å²) < 4.78 is 4.96. The zero-order valence-electron chi connectivity index (χ0n) is 12.5. The monoisotopic (exact) mass is 307 g/mol. The lowest BCUT2D eigenvalue weighted by atomic mass is 10.1. The fourth-order valence-corrected chi connectivity index (χ4v) is 3.02. The van der Waals surface area contributed by atoms with Crippen molar-refractivity contribution in [1.82, 2.24) is 10.2 Å². The smallest absolute Gasteiger partial charge is 0.311 e. The number of hydrogen-bond donors (Lipinski definition) is 1. The van der Waals surface area contributed by atoms with Gasteiger partial charge in [-0.15, -0.1) is 0 Å². The maximum Gasteiger partial charge on any atom is 0.311 e. The first-order valence-corrected chi connectivity index (χ1v) is 7.71. The van der Waals surface area contributed by atoms with Gasteiger partial charge in [-0.25, -0.2) is 0 Å². The summed E-state index contributed by atoms with van der Waals surface area (Å²) in [5.74, 6) is -1.39. The van der Waals surface area contributed by atoms with E-state index in [4.69, 9.17) is 10.00 Å². The highest BCUT2D eigenvalue weighted by Gasteiger charge is 2.39. The van der Waals surface area contributed by atoms with Crippen molar-refractivity contribution >= 4 is 17.8 Å². The molecule has 7 nitrogen and oxygen atoms in total. The van der Waals surface area contributed by atoms with Crippen LogP contribution in [0, 0.1) is 17.2 Å². The fourth-order valence-electron chi connectivity index (χ4n) is 3.02. The lowest BCUT2D eigenvalue weighted by Crippen LogP contribution is -2.35. The van der Waals surface area contributed by atoms with E-state index in [0.717, 1.165) is 25.7 Å². The van der Waals surface area contributed by atoms with Gasteiger partial charge in [0.25, 0.3) is 5.91 Å². The molecule has 1 N–H and O–H groups in total. The van der Waals surface area contributed by atoms with Gasteiger partial charge in [0.15, 0.2) is 6.61 Å². The van der Waals surface area contributed by atoms with Crippen LogP contribution in [0.3, 0.4) is 0 Å². The number of carbonyl (C=O) groups excluding carboxylic acids is 3. The SMILES string of the molecule is N#CCCNC(=O)COC(=O)[C@@H]1CC(=O)N(C2CCCC2)C1. The van der Waals surface area contributed by atoms with Crippen LogP contribution in [0.25, 0.3) is 0 Å². The molecule has 0 aromatic rings. The summed E-state index contributed by atoms with van der Waals surface area (Å²) in [4.78, 5) is 37.1. The number of ether oxygens (including phenoxy) is 1. The van der Waals surface area contributed by atoms with Gasteiger partial charge < -0.3 is 15.0 Å². The quantitative estimate of drug-likeness (QED) is 0.564. The molecule has 1 saturated carbocycles. The van der Waals surface area contributed by atoms with E-state index in [0.29, 0.717) is 6.54 Å². The predicted molar refractivity (Wildman–Crippen MR) is 76.3 cm³/mol. The number of amides is 2. The molecule has 0 bridgehead atoms. The van der Waals surface area contributed by atoms with Gasteiger partial charge in [0.2, 0.25) is 5.91 Å². The highest BCUT2D eigenvalue weighted by Crippen LogP contribution is 2.29. The van der Waals surface area contributed by atoms with Gasteiger partial charge in [-0.2, -0.15) is 5.26 Å². The van der Waals surface area contributed by atoms with E-state index >= 15 is 0 Å². The molecule has 120 valence electrons. The molecule has 2 fully saturated rings. The van der Waals surface area contributed by atoms with Gasteiger partial charge >= 0.3 is 5.97 Å². The Bertz CT molecular complexity index is 480. The van der Waals surface area contributed by atoms with E-state index < -0.39 is 17.8 Å². The standard InChI is InChI=1S/C15H21N3O4/c16-6-3-7-17-13(19)10-22-15(21)11-8-14(20)18(9-11)12-4-1-2-5-12/h11-12H,1-5,7-10H2,(H,17,19)/t11-/m1/s1. The van der Waals surface area contributed by atoms with E-state index in [2.05, 4.69) is 5.32 Å². The Balaban J connectivity index is 1.73. The average Bonchev–Trinajstić information content (AvgIpc) is 3.14. The van der Waals surface area contributed by atoms with Crippen molar-refractivity contribution in [3.63, 3.8) is 0 Å². The Morgan fingerprint density at radius 2 is 2.09 bits per heavy atom. The van der Waals surface area contributed by atoms with Gasteiger partial charge in [-0.3, -0.25) is 14.4 Å². The Morgan fingerprint density at radius 1 is 1.36 bits per heavy atom. The fraction of sp³-hybridized carbons (Fsp3) is 0.733. The Kier molecular flexibility index (Phi) is 5.75. The summed E-state index contributed by atoms with van der Waals surface area (Å²) in [5, 5.41) is 10.8. The van der Waals surface area contributed by atoms with Gasteiger partial charge in [-0.1, -0.05) is 12.8 Å².